The van der Waals surface area contributed by atoms with E-state index in [4.69, 9.17) is 4.74 Å². The summed E-state index contributed by atoms with van der Waals surface area (Å²) < 4.78 is 6.90. The van der Waals surface area contributed by atoms with Gasteiger partial charge in [0.2, 0.25) is 0 Å². The van der Waals surface area contributed by atoms with E-state index in [-0.39, 0.29) is 0 Å². The van der Waals surface area contributed by atoms with Crippen molar-refractivity contribution in [2.24, 2.45) is 0 Å². The minimum absolute atomic E-state index is 0.638. The molecule has 0 aliphatic carbocycles. The molecular weight excluding hydrogens is 284 g/mol. The van der Waals surface area contributed by atoms with Crippen molar-refractivity contribution in [3.8, 4) is 5.75 Å². The molecule has 0 N–H and O–H groups in total. The van der Waals surface area contributed by atoms with Crippen molar-refractivity contribution < 1.29 is 4.74 Å². The second kappa shape index (κ2) is 5.02. The lowest BCUT2D eigenvalue weighted by atomic mass is 10.1. The van der Waals surface area contributed by atoms with E-state index in [1.165, 1.54) is 16.0 Å². The van der Waals surface area contributed by atoms with Crippen LogP contribution in [0.2, 0.25) is 0 Å². The topological polar surface area (TPSA) is 9.23 Å². The van der Waals surface area contributed by atoms with Crippen LogP contribution >= 0.6 is 27.3 Å². The zero-order chi connectivity index (χ0) is 11.5. The molecule has 0 unspecified atom stereocenters. The Balaban J connectivity index is 2.04. The Hall–Kier alpha value is -0.800. The summed E-state index contributed by atoms with van der Waals surface area (Å²) in [7, 11) is 0. The van der Waals surface area contributed by atoms with Gasteiger partial charge in [-0.2, -0.15) is 0 Å². The van der Waals surface area contributed by atoms with Crippen molar-refractivity contribution in [1.29, 1.82) is 0 Å². The fourth-order valence-corrected chi connectivity index (χ4v) is 3.00. The maximum absolute atomic E-state index is 5.76. The van der Waals surface area contributed by atoms with Crippen molar-refractivity contribution in [2.75, 3.05) is 0 Å². The van der Waals surface area contributed by atoms with Crippen LogP contribution in [0.3, 0.4) is 0 Å². The molecule has 0 fully saturated rings. The first-order chi connectivity index (χ1) is 7.63. The fraction of sp³-hybridized carbons (Fsp3) is 0.231. The van der Waals surface area contributed by atoms with Gasteiger partial charge in [0.15, 0.2) is 0 Å². The molecule has 0 radical (unpaired) electrons. The molecule has 1 aromatic heterocycles. The maximum atomic E-state index is 5.76. The van der Waals surface area contributed by atoms with E-state index in [1.807, 2.05) is 6.07 Å². The van der Waals surface area contributed by atoms with Gasteiger partial charge in [0, 0.05) is 4.88 Å². The highest BCUT2D eigenvalue weighted by Crippen LogP contribution is 2.24. The molecule has 84 valence electrons. The first kappa shape index (κ1) is 11.7. The van der Waals surface area contributed by atoms with Crippen LogP contribution in [0, 0.1) is 13.8 Å². The van der Waals surface area contributed by atoms with Crippen molar-refractivity contribution >= 4 is 27.3 Å². The Kier molecular flexibility index (Phi) is 3.66. The number of rotatable bonds is 3. The molecule has 0 aliphatic rings. The van der Waals surface area contributed by atoms with Crippen molar-refractivity contribution in [2.45, 2.75) is 20.5 Å². The minimum atomic E-state index is 0.638. The summed E-state index contributed by atoms with van der Waals surface area (Å²) in [4.78, 5) is 1.23. The highest BCUT2D eigenvalue weighted by Gasteiger charge is 2.00. The van der Waals surface area contributed by atoms with E-state index < -0.39 is 0 Å². The van der Waals surface area contributed by atoms with Gasteiger partial charge in [-0.05, 0) is 65.2 Å². The summed E-state index contributed by atoms with van der Waals surface area (Å²) >= 11 is 5.15. The zero-order valence-electron chi connectivity index (χ0n) is 9.29. The molecule has 0 bridgehead atoms. The molecule has 0 atom stereocenters. The first-order valence-electron chi connectivity index (χ1n) is 5.09. The van der Waals surface area contributed by atoms with E-state index in [1.54, 1.807) is 11.3 Å². The number of benzene rings is 1. The molecule has 0 amide bonds. The molecule has 3 heteroatoms. The lowest BCUT2D eigenvalue weighted by molar-refractivity contribution is 0.309. The van der Waals surface area contributed by atoms with Gasteiger partial charge in [0.05, 0.1) is 3.79 Å². The highest BCUT2D eigenvalue weighted by atomic mass is 79.9. The van der Waals surface area contributed by atoms with Gasteiger partial charge < -0.3 is 4.74 Å². The smallest absolute Gasteiger partial charge is 0.122 e. The summed E-state index contributed by atoms with van der Waals surface area (Å²) in [6.07, 6.45) is 0. The van der Waals surface area contributed by atoms with Crippen LogP contribution in [-0.2, 0) is 6.61 Å². The lowest BCUT2D eigenvalue weighted by Crippen LogP contribution is -1.93. The van der Waals surface area contributed by atoms with Crippen LogP contribution in [0.5, 0.6) is 5.75 Å². The lowest BCUT2D eigenvalue weighted by Gasteiger charge is -2.06. The summed E-state index contributed by atoms with van der Waals surface area (Å²) in [6.45, 7) is 4.81. The number of aryl methyl sites for hydroxylation is 2. The number of hydrogen-bond acceptors (Lipinski definition) is 2. The van der Waals surface area contributed by atoms with Gasteiger partial charge in [-0.25, -0.2) is 0 Å². The normalized spacial score (nSPS) is 10.4. The second-order valence-corrected chi connectivity index (χ2v) is 6.37. The SMILES string of the molecule is Cc1cc(C)cc(OCc2ccc(Br)s2)c1. The van der Waals surface area contributed by atoms with Crippen LogP contribution in [0.4, 0.5) is 0 Å². The predicted octanol–water partition coefficient (Wildman–Crippen LogP) is 4.71. The Bertz CT molecular complexity index is 470. The number of thiophene rings is 1. The van der Waals surface area contributed by atoms with Gasteiger partial charge in [-0.3, -0.25) is 0 Å². The Morgan fingerprint density at radius 1 is 1.12 bits per heavy atom. The number of hydrogen-bond donors (Lipinski definition) is 0. The van der Waals surface area contributed by atoms with E-state index in [0.29, 0.717) is 6.61 Å². The van der Waals surface area contributed by atoms with Crippen molar-refractivity contribution in [1.82, 2.24) is 0 Å². The van der Waals surface area contributed by atoms with Crippen molar-refractivity contribution in [3.63, 3.8) is 0 Å². The molecule has 1 nitrogen and oxygen atoms in total. The third-order valence-electron chi connectivity index (χ3n) is 2.21. The summed E-state index contributed by atoms with van der Waals surface area (Å²) in [5, 5.41) is 0. The van der Waals surface area contributed by atoms with Gasteiger partial charge in [-0.1, -0.05) is 6.07 Å². The van der Waals surface area contributed by atoms with E-state index in [9.17, 15) is 0 Å². The van der Waals surface area contributed by atoms with Gasteiger partial charge in [0.25, 0.3) is 0 Å². The average molecular weight is 297 g/mol. The Labute approximate surface area is 108 Å². The number of ether oxygens (including phenoxy) is 1. The second-order valence-electron chi connectivity index (χ2n) is 3.82. The third kappa shape index (κ3) is 3.09. The van der Waals surface area contributed by atoms with Gasteiger partial charge in [-0.15, -0.1) is 11.3 Å². The van der Waals surface area contributed by atoms with Crippen molar-refractivity contribution in [3.05, 3.63) is 50.1 Å². The molecule has 1 aromatic carbocycles. The molecule has 2 rings (SSSR count). The van der Waals surface area contributed by atoms with E-state index in [2.05, 4.69) is 54.0 Å². The molecular formula is C13H13BrOS. The van der Waals surface area contributed by atoms with E-state index >= 15 is 0 Å². The van der Waals surface area contributed by atoms with Crippen LogP contribution in [0.25, 0.3) is 0 Å². The van der Waals surface area contributed by atoms with Crippen LogP contribution in [0.15, 0.2) is 34.1 Å². The van der Waals surface area contributed by atoms with Crippen LogP contribution < -0.4 is 4.74 Å². The Morgan fingerprint density at radius 3 is 2.38 bits per heavy atom. The molecule has 16 heavy (non-hydrogen) atoms. The van der Waals surface area contributed by atoms with E-state index in [0.717, 1.165) is 9.54 Å². The largest absolute Gasteiger partial charge is 0.488 e. The molecule has 2 aromatic rings. The van der Waals surface area contributed by atoms with Gasteiger partial charge in [0.1, 0.15) is 12.4 Å². The molecule has 0 spiro atoms. The maximum Gasteiger partial charge on any atom is 0.122 e. The van der Waals surface area contributed by atoms with Crippen LogP contribution in [-0.4, -0.2) is 0 Å². The number of halogens is 1. The quantitative estimate of drug-likeness (QED) is 0.797. The first-order valence-corrected chi connectivity index (χ1v) is 6.70. The van der Waals surface area contributed by atoms with Crippen LogP contribution in [0.1, 0.15) is 16.0 Å². The minimum Gasteiger partial charge on any atom is -0.488 e. The summed E-state index contributed by atoms with van der Waals surface area (Å²) in [5.41, 5.74) is 2.48. The molecule has 0 aliphatic heterocycles. The monoisotopic (exact) mass is 296 g/mol. The fourth-order valence-electron chi connectivity index (χ4n) is 1.60. The average Bonchev–Trinajstić information content (AvgIpc) is 2.60. The highest BCUT2D eigenvalue weighted by molar-refractivity contribution is 9.11. The predicted molar refractivity (Wildman–Crippen MR) is 72.3 cm³/mol. The summed E-state index contributed by atoms with van der Waals surface area (Å²) in [5.74, 6) is 0.946. The third-order valence-corrected chi connectivity index (χ3v) is 3.80. The standard InChI is InChI=1S/C13H13BrOS/c1-9-5-10(2)7-11(6-9)15-8-12-3-4-13(14)16-12/h3-7H,8H2,1-2H3. The molecule has 1 heterocycles. The Morgan fingerprint density at radius 2 is 1.81 bits per heavy atom. The molecule has 0 saturated carbocycles. The summed E-state index contributed by atoms with van der Waals surface area (Å²) in [6, 6.07) is 10.4. The van der Waals surface area contributed by atoms with Gasteiger partial charge >= 0.3 is 0 Å². The molecule has 0 saturated heterocycles. The zero-order valence-corrected chi connectivity index (χ0v) is 11.7.